The lowest BCUT2D eigenvalue weighted by molar-refractivity contribution is 0.637. The minimum Gasteiger partial charge on any atom is -0.352 e. The van der Waals surface area contributed by atoms with Gasteiger partial charge in [-0.25, -0.2) is 9.50 Å². The first kappa shape index (κ1) is 13.7. The van der Waals surface area contributed by atoms with E-state index in [1.165, 1.54) is 17.7 Å². The summed E-state index contributed by atoms with van der Waals surface area (Å²) in [4.78, 5) is 9.23. The number of rotatable bonds is 2. The molecule has 0 spiro atoms. The van der Waals surface area contributed by atoms with Gasteiger partial charge >= 0.3 is 0 Å². The van der Waals surface area contributed by atoms with E-state index in [9.17, 15) is 0 Å². The van der Waals surface area contributed by atoms with Crippen molar-refractivity contribution in [1.29, 1.82) is 0 Å². The summed E-state index contributed by atoms with van der Waals surface area (Å²) in [5.74, 6) is 2.03. The van der Waals surface area contributed by atoms with E-state index in [4.69, 9.17) is 0 Å². The monoisotopic (exact) mass is 321 g/mol. The molecule has 0 saturated carbocycles. The van der Waals surface area contributed by atoms with Crippen molar-refractivity contribution in [2.45, 2.75) is 19.3 Å². The normalized spacial score (nSPS) is 17.5. The molecule has 24 heavy (non-hydrogen) atoms. The molecule has 0 radical (unpaired) electrons. The summed E-state index contributed by atoms with van der Waals surface area (Å²) in [5.41, 5.74) is 3.63. The van der Waals surface area contributed by atoms with Crippen LogP contribution in [0.1, 0.15) is 17.7 Å². The number of aryl methyl sites for hydroxylation is 2. The zero-order valence-electron chi connectivity index (χ0n) is 13.5. The Kier molecular flexibility index (Phi) is 3.11. The van der Waals surface area contributed by atoms with Crippen molar-refractivity contribution >= 4 is 17.2 Å². The predicted molar refractivity (Wildman–Crippen MR) is 91.5 cm³/mol. The van der Waals surface area contributed by atoms with Crippen LogP contribution in [0, 0.1) is 0 Å². The van der Waals surface area contributed by atoms with Crippen molar-refractivity contribution in [1.82, 2.24) is 24.8 Å². The second-order valence-electron chi connectivity index (χ2n) is 6.41. The van der Waals surface area contributed by atoms with Crippen LogP contribution in [0.4, 0.5) is 11.6 Å². The first-order valence-corrected chi connectivity index (χ1v) is 8.52. The van der Waals surface area contributed by atoms with Gasteiger partial charge < -0.3 is 9.80 Å². The number of hydrogen-bond donors (Lipinski definition) is 0. The Labute approximate surface area is 139 Å². The van der Waals surface area contributed by atoms with E-state index in [0.717, 1.165) is 56.2 Å². The Hall–Kier alpha value is -2.70. The molecule has 5 rings (SSSR count). The highest BCUT2D eigenvalue weighted by molar-refractivity contribution is 5.68. The van der Waals surface area contributed by atoms with E-state index in [2.05, 4.69) is 36.1 Å². The van der Waals surface area contributed by atoms with Crippen molar-refractivity contribution in [3.05, 3.63) is 42.0 Å². The number of anilines is 2. The number of nitrogens with zero attached hydrogens (tertiary/aromatic N) is 7. The highest BCUT2D eigenvalue weighted by atomic mass is 15.3. The van der Waals surface area contributed by atoms with Gasteiger partial charge in [-0.2, -0.15) is 10.2 Å². The van der Waals surface area contributed by atoms with E-state index in [0.29, 0.717) is 0 Å². The van der Waals surface area contributed by atoms with Gasteiger partial charge in [0, 0.05) is 38.6 Å². The fourth-order valence-electron chi connectivity index (χ4n) is 3.71. The summed E-state index contributed by atoms with van der Waals surface area (Å²) in [6, 6.07) is 4.25. The maximum absolute atomic E-state index is 4.57. The first-order valence-electron chi connectivity index (χ1n) is 8.52. The lowest BCUT2D eigenvalue weighted by Crippen LogP contribution is -2.47. The fourth-order valence-corrected chi connectivity index (χ4v) is 3.71. The van der Waals surface area contributed by atoms with E-state index in [1.54, 1.807) is 0 Å². The molecular formula is C17H19N7. The van der Waals surface area contributed by atoms with Crippen LogP contribution >= 0.6 is 0 Å². The second kappa shape index (κ2) is 5.43. The average molecular weight is 321 g/mol. The van der Waals surface area contributed by atoms with Crippen LogP contribution in [0.5, 0.6) is 0 Å². The van der Waals surface area contributed by atoms with Gasteiger partial charge in [0.15, 0.2) is 11.6 Å². The van der Waals surface area contributed by atoms with Crippen molar-refractivity contribution in [3.8, 4) is 0 Å². The summed E-state index contributed by atoms with van der Waals surface area (Å²) < 4.78 is 1.88. The zero-order valence-corrected chi connectivity index (χ0v) is 13.5. The van der Waals surface area contributed by atoms with Gasteiger partial charge in [0.2, 0.25) is 0 Å². The van der Waals surface area contributed by atoms with Crippen molar-refractivity contribution in [2.24, 2.45) is 0 Å². The van der Waals surface area contributed by atoms with Crippen LogP contribution in [0.15, 0.2) is 30.7 Å². The van der Waals surface area contributed by atoms with E-state index < -0.39 is 0 Å². The smallest absolute Gasteiger partial charge is 0.154 e. The molecule has 7 heteroatoms. The highest BCUT2D eigenvalue weighted by Crippen LogP contribution is 2.25. The maximum atomic E-state index is 4.57. The van der Waals surface area contributed by atoms with Crippen molar-refractivity contribution < 1.29 is 0 Å². The summed E-state index contributed by atoms with van der Waals surface area (Å²) >= 11 is 0. The van der Waals surface area contributed by atoms with Crippen LogP contribution in [0.25, 0.3) is 5.52 Å². The minimum absolute atomic E-state index is 0.927. The van der Waals surface area contributed by atoms with Gasteiger partial charge in [-0.1, -0.05) is 0 Å². The molecule has 7 nitrogen and oxygen atoms in total. The molecule has 1 aliphatic heterocycles. The molecule has 3 aromatic rings. The lowest BCUT2D eigenvalue weighted by atomic mass is 10.2. The van der Waals surface area contributed by atoms with Gasteiger partial charge in [-0.15, -0.1) is 5.10 Å². The molecule has 0 bridgehead atoms. The van der Waals surface area contributed by atoms with Crippen LogP contribution in [0.3, 0.4) is 0 Å². The third kappa shape index (κ3) is 2.19. The minimum atomic E-state index is 0.927. The quantitative estimate of drug-likeness (QED) is 0.710. The average Bonchev–Trinajstić information content (AvgIpc) is 3.30. The number of piperazine rings is 1. The molecule has 4 heterocycles. The van der Waals surface area contributed by atoms with Gasteiger partial charge in [-0.05, 0) is 37.0 Å². The Morgan fingerprint density at radius 2 is 1.79 bits per heavy atom. The molecule has 0 unspecified atom stereocenters. The molecule has 1 saturated heterocycles. The Balaban J connectivity index is 1.35. The maximum Gasteiger partial charge on any atom is 0.154 e. The summed E-state index contributed by atoms with van der Waals surface area (Å²) in [6.45, 7) is 3.72. The molecule has 122 valence electrons. The Morgan fingerprint density at radius 1 is 0.917 bits per heavy atom. The third-order valence-electron chi connectivity index (χ3n) is 5.01. The summed E-state index contributed by atoms with van der Waals surface area (Å²) in [6.07, 6.45) is 8.95. The van der Waals surface area contributed by atoms with Crippen LogP contribution in [0.2, 0.25) is 0 Å². The molecular weight excluding hydrogens is 302 g/mol. The lowest BCUT2D eigenvalue weighted by Gasteiger charge is -2.36. The van der Waals surface area contributed by atoms with E-state index in [-0.39, 0.29) is 0 Å². The number of aromatic nitrogens is 5. The van der Waals surface area contributed by atoms with Crippen molar-refractivity contribution in [2.75, 3.05) is 36.0 Å². The zero-order chi connectivity index (χ0) is 15.9. The number of hydrogen-bond acceptors (Lipinski definition) is 6. The van der Waals surface area contributed by atoms with Gasteiger partial charge in [0.25, 0.3) is 0 Å². The van der Waals surface area contributed by atoms with Gasteiger partial charge in [0.1, 0.15) is 5.52 Å². The molecule has 0 aromatic carbocycles. The van der Waals surface area contributed by atoms with Gasteiger partial charge in [0.05, 0.1) is 11.9 Å². The van der Waals surface area contributed by atoms with E-state index >= 15 is 0 Å². The second-order valence-corrected chi connectivity index (χ2v) is 6.41. The fraction of sp³-hybridized carbons (Fsp3) is 0.412. The van der Waals surface area contributed by atoms with E-state index in [1.807, 2.05) is 29.2 Å². The third-order valence-corrected chi connectivity index (χ3v) is 5.01. The van der Waals surface area contributed by atoms with Gasteiger partial charge in [-0.3, -0.25) is 0 Å². The van der Waals surface area contributed by atoms with Crippen LogP contribution in [-0.2, 0) is 12.8 Å². The Bertz CT molecular complexity index is 880. The standard InChI is InChI=1S/C17H19N7/c1-2-13-12-16(21-20-14(13)3-1)22-8-10-23(11-9-22)17-15-4-5-19-24(15)7-6-18-17/h4-7,12H,1-3,8-11H2. The molecule has 1 fully saturated rings. The first-order chi connectivity index (χ1) is 11.9. The predicted octanol–water partition coefficient (Wildman–Crippen LogP) is 1.33. The summed E-state index contributed by atoms with van der Waals surface area (Å²) in [5, 5.41) is 13.1. The largest absolute Gasteiger partial charge is 0.352 e. The molecule has 0 amide bonds. The summed E-state index contributed by atoms with van der Waals surface area (Å²) in [7, 11) is 0. The molecule has 2 aliphatic rings. The SMILES string of the molecule is c1cn2nccc2c(N2CCN(c3cc4c(nn3)CCC4)CC2)n1. The molecule has 1 aliphatic carbocycles. The Morgan fingerprint density at radius 3 is 2.71 bits per heavy atom. The molecule has 3 aromatic heterocycles. The van der Waals surface area contributed by atoms with Crippen LogP contribution in [-0.4, -0.2) is 51.0 Å². The van der Waals surface area contributed by atoms with Crippen LogP contribution < -0.4 is 9.80 Å². The molecule has 0 N–H and O–H groups in total. The van der Waals surface area contributed by atoms with Crippen molar-refractivity contribution in [3.63, 3.8) is 0 Å². The topological polar surface area (TPSA) is 62.5 Å². The number of fused-ring (bicyclic) bond motifs is 2. The highest BCUT2D eigenvalue weighted by Gasteiger charge is 2.22. The molecule has 0 atom stereocenters.